The zero-order chi connectivity index (χ0) is 10.8. The third-order valence-corrected chi connectivity index (χ3v) is 2.77. The van der Waals surface area contributed by atoms with E-state index in [0.717, 1.165) is 11.3 Å². The Labute approximate surface area is 94.6 Å². The zero-order valence-corrected chi connectivity index (χ0v) is 9.58. The van der Waals surface area contributed by atoms with E-state index in [2.05, 4.69) is 18.2 Å². The van der Waals surface area contributed by atoms with Crippen molar-refractivity contribution in [1.82, 2.24) is 0 Å². The number of fused-ring (bicyclic) bond motifs is 1. The van der Waals surface area contributed by atoms with Crippen LogP contribution in [0.2, 0.25) is 0 Å². The van der Waals surface area contributed by atoms with Crippen molar-refractivity contribution in [2.75, 3.05) is 7.11 Å². The minimum atomic E-state index is -0.0500. The van der Waals surface area contributed by atoms with Crippen LogP contribution in [0.15, 0.2) is 36.4 Å². The molecule has 0 aliphatic rings. The largest absolute Gasteiger partial charge is 0.496 e. The maximum atomic E-state index is 6.19. The van der Waals surface area contributed by atoms with Gasteiger partial charge in [-0.3, -0.25) is 0 Å². The minimum absolute atomic E-state index is 0.0500. The predicted octanol–water partition coefficient (Wildman–Crippen LogP) is 4.15. The molecule has 0 spiro atoms. The van der Waals surface area contributed by atoms with Crippen LogP contribution in [-0.4, -0.2) is 7.11 Å². The average molecular weight is 221 g/mol. The molecule has 2 heteroatoms. The molecular weight excluding hydrogens is 208 g/mol. The molecule has 0 amide bonds. The Morgan fingerprint density at radius 3 is 2.53 bits per heavy atom. The van der Waals surface area contributed by atoms with Gasteiger partial charge < -0.3 is 4.74 Å². The lowest BCUT2D eigenvalue weighted by Gasteiger charge is -2.13. The standard InChI is InChI=1S/C13H13ClO/c1-9(14)13-11-6-4-3-5-10(11)7-8-12(13)15-2/h3-9H,1-2H3. The topological polar surface area (TPSA) is 9.23 Å². The van der Waals surface area contributed by atoms with Gasteiger partial charge in [-0.25, -0.2) is 0 Å². The normalized spacial score (nSPS) is 12.7. The van der Waals surface area contributed by atoms with Crippen LogP contribution < -0.4 is 4.74 Å². The first-order valence-electron chi connectivity index (χ1n) is 4.93. The first-order valence-corrected chi connectivity index (χ1v) is 5.37. The van der Waals surface area contributed by atoms with E-state index in [1.165, 1.54) is 10.8 Å². The lowest BCUT2D eigenvalue weighted by atomic mass is 10.0. The molecule has 78 valence electrons. The number of alkyl halides is 1. The van der Waals surface area contributed by atoms with Gasteiger partial charge in [0, 0.05) is 5.56 Å². The van der Waals surface area contributed by atoms with E-state index in [4.69, 9.17) is 16.3 Å². The average Bonchev–Trinajstić information content (AvgIpc) is 2.27. The fourth-order valence-corrected chi connectivity index (χ4v) is 2.09. The van der Waals surface area contributed by atoms with Crippen molar-refractivity contribution in [3.05, 3.63) is 42.0 Å². The highest BCUT2D eigenvalue weighted by atomic mass is 35.5. The maximum absolute atomic E-state index is 6.19. The molecule has 0 heterocycles. The van der Waals surface area contributed by atoms with Gasteiger partial charge in [-0.15, -0.1) is 11.6 Å². The van der Waals surface area contributed by atoms with E-state index in [-0.39, 0.29) is 5.38 Å². The van der Waals surface area contributed by atoms with Crippen molar-refractivity contribution in [3.63, 3.8) is 0 Å². The van der Waals surface area contributed by atoms with Crippen LogP contribution in [0.3, 0.4) is 0 Å². The molecule has 0 N–H and O–H groups in total. The molecule has 1 atom stereocenters. The minimum Gasteiger partial charge on any atom is -0.496 e. The van der Waals surface area contributed by atoms with Gasteiger partial charge in [0.05, 0.1) is 12.5 Å². The molecule has 1 unspecified atom stereocenters. The van der Waals surface area contributed by atoms with E-state index in [0.29, 0.717) is 0 Å². The number of benzene rings is 2. The van der Waals surface area contributed by atoms with Gasteiger partial charge in [0.1, 0.15) is 5.75 Å². The molecule has 15 heavy (non-hydrogen) atoms. The maximum Gasteiger partial charge on any atom is 0.124 e. The van der Waals surface area contributed by atoms with Crippen molar-refractivity contribution < 1.29 is 4.74 Å². The summed E-state index contributed by atoms with van der Waals surface area (Å²) in [5.74, 6) is 0.858. The Hall–Kier alpha value is -1.21. The summed E-state index contributed by atoms with van der Waals surface area (Å²) in [6.45, 7) is 1.96. The highest BCUT2D eigenvalue weighted by Crippen LogP contribution is 2.35. The Morgan fingerprint density at radius 2 is 1.87 bits per heavy atom. The van der Waals surface area contributed by atoms with E-state index in [9.17, 15) is 0 Å². The number of hydrogen-bond donors (Lipinski definition) is 0. The van der Waals surface area contributed by atoms with E-state index >= 15 is 0 Å². The molecule has 0 aromatic heterocycles. The molecule has 2 aromatic carbocycles. The summed E-state index contributed by atoms with van der Waals surface area (Å²) in [4.78, 5) is 0. The van der Waals surface area contributed by atoms with Crippen molar-refractivity contribution in [3.8, 4) is 5.75 Å². The molecule has 0 aliphatic heterocycles. The summed E-state index contributed by atoms with van der Waals surface area (Å²) >= 11 is 6.19. The Bertz CT molecular complexity index is 477. The molecule has 1 nitrogen and oxygen atoms in total. The number of hydrogen-bond acceptors (Lipinski definition) is 1. The van der Waals surface area contributed by atoms with Crippen LogP contribution in [-0.2, 0) is 0 Å². The van der Waals surface area contributed by atoms with Crippen LogP contribution in [0.25, 0.3) is 10.8 Å². The Kier molecular flexibility index (Phi) is 2.83. The fourth-order valence-electron chi connectivity index (χ4n) is 1.86. The second kappa shape index (κ2) is 4.11. The van der Waals surface area contributed by atoms with Crippen molar-refractivity contribution in [2.45, 2.75) is 12.3 Å². The molecule has 0 bridgehead atoms. The first-order chi connectivity index (χ1) is 7.24. The summed E-state index contributed by atoms with van der Waals surface area (Å²) in [6, 6.07) is 12.2. The Morgan fingerprint density at radius 1 is 1.13 bits per heavy atom. The molecule has 2 rings (SSSR count). The third-order valence-electron chi connectivity index (χ3n) is 2.55. The highest BCUT2D eigenvalue weighted by molar-refractivity contribution is 6.21. The SMILES string of the molecule is COc1ccc2ccccc2c1C(C)Cl. The summed E-state index contributed by atoms with van der Waals surface area (Å²) in [5.41, 5.74) is 1.07. The highest BCUT2D eigenvalue weighted by Gasteiger charge is 2.12. The van der Waals surface area contributed by atoms with Gasteiger partial charge >= 0.3 is 0 Å². The Balaban J connectivity index is 2.79. The lowest BCUT2D eigenvalue weighted by molar-refractivity contribution is 0.410. The van der Waals surface area contributed by atoms with Crippen molar-refractivity contribution in [1.29, 1.82) is 0 Å². The summed E-state index contributed by atoms with van der Waals surface area (Å²) in [7, 11) is 1.67. The molecule has 0 saturated heterocycles. The van der Waals surface area contributed by atoms with E-state index in [1.54, 1.807) is 7.11 Å². The van der Waals surface area contributed by atoms with E-state index in [1.807, 2.05) is 25.1 Å². The number of ether oxygens (including phenoxy) is 1. The quantitative estimate of drug-likeness (QED) is 0.691. The van der Waals surface area contributed by atoms with Crippen LogP contribution in [0.4, 0.5) is 0 Å². The van der Waals surface area contributed by atoms with Crippen LogP contribution in [0.1, 0.15) is 17.9 Å². The second-order valence-electron chi connectivity index (χ2n) is 3.52. The third kappa shape index (κ3) is 1.80. The van der Waals surface area contributed by atoms with Gasteiger partial charge in [-0.05, 0) is 23.8 Å². The first kappa shape index (κ1) is 10.3. The fraction of sp³-hybridized carbons (Fsp3) is 0.231. The molecule has 2 aromatic rings. The molecule has 0 fully saturated rings. The lowest BCUT2D eigenvalue weighted by Crippen LogP contribution is -1.93. The molecule has 0 radical (unpaired) electrons. The predicted molar refractivity (Wildman–Crippen MR) is 64.8 cm³/mol. The van der Waals surface area contributed by atoms with Crippen LogP contribution in [0, 0.1) is 0 Å². The molecular formula is C13H13ClO. The van der Waals surface area contributed by atoms with Crippen molar-refractivity contribution >= 4 is 22.4 Å². The number of methoxy groups -OCH3 is 1. The van der Waals surface area contributed by atoms with Crippen LogP contribution >= 0.6 is 11.6 Å². The van der Waals surface area contributed by atoms with E-state index < -0.39 is 0 Å². The van der Waals surface area contributed by atoms with Gasteiger partial charge in [0.2, 0.25) is 0 Å². The van der Waals surface area contributed by atoms with Gasteiger partial charge in [0.15, 0.2) is 0 Å². The second-order valence-corrected chi connectivity index (χ2v) is 4.17. The van der Waals surface area contributed by atoms with Gasteiger partial charge in [0.25, 0.3) is 0 Å². The smallest absolute Gasteiger partial charge is 0.124 e. The zero-order valence-electron chi connectivity index (χ0n) is 8.83. The summed E-state index contributed by atoms with van der Waals surface area (Å²) < 4.78 is 5.33. The monoisotopic (exact) mass is 220 g/mol. The molecule has 0 aliphatic carbocycles. The summed E-state index contributed by atoms with van der Waals surface area (Å²) in [5, 5.41) is 2.31. The van der Waals surface area contributed by atoms with Gasteiger partial charge in [-0.2, -0.15) is 0 Å². The van der Waals surface area contributed by atoms with Gasteiger partial charge in [-0.1, -0.05) is 30.3 Å². The number of rotatable bonds is 2. The molecule has 0 saturated carbocycles. The summed E-state index contributed by atoms with van der Waals surface area (Å²) in [6.07, 6.45) is 0. The van der Waals surface area contributed by atoms with Crippen molar-refractivity contribution in [2.24, 2.45) is 0 Å². The van der Waals surface area contributed by atoms with Crippen LogP contribution in [0.5, 0.6) is 5.75 Å². The number of halogens is 1.